The highest BCUT2D eigenvalue weighted by molar-refractivity contribution is 6.30. The van der Waals surface area contributed by atoms with Crippen LogP contribution < -0.4 is 15.0 Å². The van der Waals surface area contributed by atoms with E-state index in [4.69, 9.17) is 16.3 Å². The SMILES string of the molecule is Cc1cccc(/C=C2/Oc3ccccc3N(CC(=O)NCCc3ccc(Cl)cc3)C2=O)c1. The van der Waals surface area contributed by atoms with Crippen LogP contribution in [0.5, 0.6) is 5.75 Å². The van der Waals surface area contributed by atoms with Gasteiger partial charge in [-0.15, -0.1) is 0 Å². The Kier molecular flexibility index (Phi) is 6.57. The number of ether oxygens (including phenoxy) is 1. The molecule has 3 aromatic carbocycles. The van der Waals surface area contributed by atoms with Crippen molar-refractivity contribution in [2.24, 2.45) is 0 Å². The van der Waals surface area contributed by atoms with Gasteiger partial charge in [0.2, 0.25) is 5.91 Å². The summed E-state index contributed by atoms with van der Waals surface area (Å²) < 4.78 is 5.88. The normalized spacial score (nSPS) is 14.1. The molecule has 0 atom stereocenters. The minimum Gasteiger partial charge on any atom is -0.449 e. The molecule has 0 spiro atoms. The fourth-order valence-electron chi connectivity index (χ4n) is 3.53. The Bertz CT molecular complexity index is 1170. The van der Waals surface area contributed by atoms with Crippen molar-refractivity contribution in [1.29, 1.82) is 0 Å². The summed E-state index contributed by atoms with van der Waals surface area (Å²) in [5.41, 5.74) is 3.60. The molecule has 1 aliphatic heterocycles. The highest BCUT2D eigenvalue weighted by Gasteiger charge is 2.31. The molecule has 32 heavy (non-hydrogen) atoms. The van der Waals surface area contributed by atoms with Crippen LogP contribution in [0.15, 0.2) is 78.6 Å². The van der Waals surface area contributed by atoms with Crippen LogP contribution in [0.25, 0.3) is 6.08 Å². The number of aryl methyl sites for hydroxylation is 1. The average Bonchev–Trinajstić information content (AvgIpc) is 2.78. The standard InChI is InChI=1S/C26H23ClN2O3/c1-18-5-4-6-20(15-18)16-24-26(31)29(22-7-2-3-8-23(22)32-24)17-25(30)28-14-13-19-9-11-21(27)12-10-19/h2-12,15-16H,13-14,17H2,1H3,(H,28,30)/b24-16+. The number of nitrogens with one attached hydrogen (secondary N) is 1. The quantitative estimate of drug-likeness (QED) is 0.555. The monoisotopic (exact) mass is 446 g/mol. The van der Waals surface area contributed by atoms with Gasteiger partial charge in [0.15, 0.2) is 11.5 Å². The molecule has 1 N–H and O–H groups in total. The van der Waals surface area contributed by atoms with E-state index in [1.807, 2.05) is 67.6 Å². The van der Waals surface area contributed by atoms with Gasteiger partial charge in [0.25, 0.3) is 5.91 Å². The highest BCUT2D eigenvalue weighted by atomic mass is 35.5. The van der Waals surface area contributed by atoms with Gasteiger partial charge in [-0.1, -0.05) is 65.7 Å². The topological polar surface area (TPSA) is 58.6 Å². The van der Waals surface area contributed by atoms with E-state index >= 15 is 0 Å². The molecule has 0 fully saturated rings. The van der Waals surface area contributed by atoms with Crippen molar-refractivity contribution in [3.05, 3.63) is 100 Å². The molecule has 0 bridgehead atoms. The first kappa shape index (κ1) is 21.7. The summed E-state index contributed by atoms with van der Waals surface area (Å²) in [4.78, 5) is 27.3. The van der Waals surface area contributed by atoms with E-state index in [0.717, 1.165) is 16.7 Å². The van der Waals surface area contributed by atoms with E-state index in [9.17, 15) is 9.59 Å². The Labute approximate surface area is 192 Å². The van der Waals surface area contributed by atoms with E-state index in [1.54, 1.807) is 18.2 Å². The third-order valence-electron chi connectivity index (χ3n) is 5.12. The molecule has 0 aliphatic carbocycles. The second-order valence-corrected chi connectivity index (χ2v) is 8.05. The zero-order valence-corrected chi connectivity index (χ0v) is 18.4. The number of halogens is 1. The fraction of sp³-hybridized carbons (Fsp3) is 0.154. The molecule has 2 amide bonds. The molecular formula is C26H23ClN2O3. The van der Waals surface area contributed by atoms with Crippen molar-refractivity contribution in [2.45, 2.75) is 13.3 Å². The van der Waals surface area contributed by atoms with E-state index in [0.29, 0.717) is 29.4 Å². The molecule has 0 aromatic heterocycles. The smallest absolute Gasteiger partial charge is 0.294 e. The maximum Gasteiger partial charge on any atom is 0.294 e. The number of nitrogens with zero attached hydrogens (tertiary/aromatic N) is 1. The number of hydrogen-bond donors (Lipinski definition) is 1. The minimum absolute atomic E-state index is 0.0923. The summed E-state index contributed by atoms with van der Waals surface area (Å²) in [6.45, 7) is 2.36. The zero-order chi connectivity index (χ0) is 22.5. The van der Waals surface area contributed by atoms with Gasteiger partial charge in [-0.3, -0.25) is 14.5 Å². The van der Waals surface area contributed by atoms with Crippen LogP contribution in [0.3, 0.4) is 0 Å². The van der Waals surface area contributed by atoms with Crippen LogP contribution in [0, 0.1) is 6.92 Å². The van der Waals surface area contributed by atoms with Gasteiger partial charge in [0, 0.05) is 11.6 Å². The average molecular weight is 447 g/mol. The lowest BCUT2D eigenvalue weighted by molar-refractivity contribution is -0.123. The van der Waals surface area contributed by atoms with Gasteiger partial charge < -0.3 is 10.1 Å². The predicted molar refractivity (Wildman–Crippen MR) is 127 cm³/mol. The van der Waals surface area contributed by atoms with Crippen molar-refractivity contribution in [3.8, 4) is 5.75 Å². The first-order chi connectivity index (χ1) is 15.5. The molecule has 6 heteroatoms. The van der Waals surface area contributed by atoms with Crippen molar-refractivity contribution >= 4 is 35.2 Å². The van der Waals surface area contributed by atoms with Crippen LogP contribution in [-0.4, -0.2) is 24.9 Å². The van der Waals surface area contributed by atoms with Crippen LogP contribution in [0.1, 0.15) is 16.7 Å². The van der Waals surface area contributed by atoms with Gasteiger partial charge in [-0.05, 0) is 54.8 Å². The first-order valence-corrected chi connectivity index (χ1v) is 10.8. The van der Waals surface area contributed by atoms with Gasteiger partial charge in [0.05, 0.1) is 5.69 Å². The molecule has 0 saturated heterocycles. The number of carbonyl (C=O) groups is 2. The molecule has 1 heterocycles. The third kappa shape index (κ3) is 5.18. The number of para-hydroxylation sites is 2. The molecule has 162 valence electrons. The van der Waals surface area contributed by atoms with Crippen LogP contribution >= 0.6 is 11.6 Å². The Morgan fingerprint density at radius 2 is 1.84 bits per heavy atom. The second kappa shape index (κ2) is 9.71. The van der Waals surface area contributed by atoms with Crippen molar-refractivity contribution in [2.75, 3.05) is 18.0 Å². The summed E-state index contributed by atoms with van der Waals surface area (Å²) in [7, 11) is 0. The molecule has 1 aliphatic rings. The zero-order valence-electron chi connectivity index (χ0n) is 17.7. The van der Waals surface area contributed by atoms with E-state index in [-0.39, 0.29) is 24.1 Å². The van der Waals surface area contributed by atoms with Crippen molar-refractivity contribution in [1.82, 2.24) is 5.32 Å². The van der Waals surface area contributed by atoms with Gasteiger partial charge in [-0.2, -0.15) is 0 Å². The highest BCUT2D eigenvalue weighted by Crippen LogP contribution is 2.35. The number of fused-ring (bicyclic) bond motifs is 1. The number of rotatable bonds is 6. The number of benzene rings is 3. The Morgan fingerprint density at radius 1 is 1.06 bits per heavy atom. The predicted octanol–water partition coefficient (Wildman–Crippen LogP) is 4.77. The van der Waals surface area contributed by atoms with Gasteiger partial charge in [-0.25, -0.2) is 0 Å². The molecule has 3 aromatic rings. The number of carbonyl (C=O) groups excluding carboxylic acids is 2. The lowest BCUT2D eigenvalue weighted by Crippen LogP contribution is -2.44. The van der Waals surface area contributed by atoms with Crippen molar-refractivity contribution < 1.29 is 14.3 Å². The molecule has 0 saturated carbocycles. The van der Waals surface area contributed by atoms with E-state index in [1.165, 1.54) is 4.90 Å². The van der Waals surface area contributed by atoms with Crippen LogP contribution in [0.2, 0.25) is 5.02 Å². The van der Waals surface area contributed by atoms with E-state index < -0.39 is 0 Å². The molecule has 4 rings (SSSR count). The summed E-state index contributed by atoms with van der Waals surface area (Å²) in [6.07, 6.45) is 2.38. The maximum absolute atomic E-state index is 13.2. The second-order valence-electron chi connectivity index (χ2n) is 7.61. The largest absolute Gasteiger partial charge is 0.449 e. The Hall–Kier alpha value is -3.57. The fourth-order valence-corrected chi connectivity index (χ4v) is 3.65. The number of amides is 2. The van der Waals surface area contributed by atoms with Crippen LogP contribution in [-0.2, 0) is 16.0 Å². The summed E-state index contributed by atoms with van der Waals surface area (Å²) in [5.74, 6) is 0.139. The lowest BCUT2D eigenvalue weighted by atomic mass is 10.1. The summed E-state index contributed by atoms with van der Waals surface area (Å²) >= 11 is 5.91. The van der Waals surface area contributed by atoms with Crippen LogP contribution in [0.4, 0.5) is 5.69 Å². The molecule has 0 unspecified atom stereocenters. The Morgan fingerprint density at radius 3 is 2.62 bits per heavy atom. The van der Waals surface area contributed by atoms with Gasteiger partial charge >= 0.3 is 0 Å². The van der Waals surface area contributed by atoms with Crippen molar-refractivity contribution in [3.63, 3.8) is 0 Å². The minimum atomic E-state index is -0.349. The summed E-state index contributed by atoms with van der Waals surface area (Å²) in [5, 5.41) is 3.57. The molecule has 0 radical (unpaired) electrons. The number of anilines is 1. The third-order valence-corrected chi connectivity index (χ3v) is 5.37. The molecular weight excluding hydrogens is 424 g/mol. The number of hydrogen-bond acceptors (Lipinski definition) is 3. The maximum atomic E-state index is 13.2. The van der Waals surface area contributed by atoms with E-state index in [2.05, 4.69) is 5.32 Å². The lowest BCUT2D eigenvalue weighted by Gasteiger charge is -2.30. The summed E-state index contributed by atoms with van der Waals surface area (Å²) in [6, 6.07) is 22.5. The Balaban J connectivity index is 1.48. The van der Waals surface area contributed by atoms with Gasteiger partial charge in [0.1, 0.15) is 6.54 Å². The first-order valence-electron chi connectivity index (χ1n) is 10.4. The molecule has 5 nitrogen and oxygen atoms in total.